The van der Waals surface area contributed by atoms with Crippen LogP contribution in [0.1, 0.15) is 9.75 Å². The Kier molecular flexibility index (Phi) is 3.50. The normalized spacial score (nSPS) is 10.7. The van der Waals surface area contributed by atoms with E-state index in [-0.39, 0.29) is 0 Å². The minimum absolute atomic E-state index is 0.834. The van der Waals surface area contributed by atoms with E-state index in [4.69, 9.17) is 23.2 Å². The summed E-state index contributed by atoms with van der Waals surface area (Å²) < 4.78 is 1.68. The molecule has 0 atom stereocenters. The molecule has 2 heterocycles. The van der Waals surface area contributed by atoms with Gasteiger partial charge in [-0.1, -0.05) is 23.2 Å². The van der Waals surface area contributed by atoms with Gasteiger partial charge < -0.3 is 0 Å². The van der Waals surface area contributed by atoms with E-state index in [9.17, 15) is 0 Å². The predicted molar refractivity (Wildman–Crippen MR) is 65.8 cm³/mol. The lowest BCUT2D eigenvalue weighted by molar-refractivity contribution is 1.24. The highest BCUT2D eigenvalue weighted by Crippen LogP contribution is 2.26. The van der Waals surface area contributed by atoms with Crippen molar-refractivity contribution in [2.75, 3.05) is 0 Å². The van der Waals surface area contributed by atoms with Crippen molar-refractivity contribution >= 4 is 45.9 Å². The molecule has 0 aliphatic carbocycles. The summed E-state index contributed by atoms with van der Waals surface area (Å²) >= 11 is 14.9. The third-order valence-corrected chi connectivity index (χ3v) is 4.21. The minimum atomic E-state index is 0.834. The first-order chi connectivity index (χ1) is 6.74. The summed E-state index contributed by atoms with van der Waals surface area (Å²) in [6.45, 7) is 0. The Bertz CT molecular complexity index is 377. The average Bonchev–Trinajstić information content (AvgIpc) is 2.72. The molecule has 2 aromatic heterocycles. The van der Waals surface area contributed by atoms with Crippen molar-refractivity contribution in [1.29, 1.82) is 0 Å². The summed E-state index contributed by atoms with van der Waals surface area (Å²) in [6.07, 6.45) is 3.09. The van der Waals surface area contributed by atoms with E-state index in [0.717, 1.165) is 15.1 Å². The van der Waals surface area contributed by atoms with Gasteiger partial charge in [0.15, 0.2) is 0 Å². The molecule has 0 nitrogen and oxygen atoms in total. The van der Waals surface area contributed by atoms with Gasteiger partial charge in [-0.15, -0.1) is 22.7 Å². The molecule has 0 unspecified atom stereocenters. The number of hydrogen-bond donors (Lipinski definition) is 0. The summed E-state index contributed by atoms with van der Waals surface area (Å²) in [7, 11) is 0. The van der Waals surface area contributed by atoms with Crippen molar-refractivity contribution in [2.24, 2.45) is 0 Å². The number of hydrogen-bond acceptors (Lipinski definition) is 2. The molecule has 1 radical (unpaired) electrons. The maximum Gasteiger partial charge on any atom is 0.0931 e. The molecule has 0 spiro atoms. The fourth-order valence-corrected chi connectivity index (χ4v) is 3.14. The smallest absolute Gasteiger partial charge is 0.0931 e. The lowest BCUT2D eigenvalue weighted by atomic mass is 10.2. The van der Waals surface area contributed by atoms with Crippen LogP contribution < -0.4 is 0 Å². The van der Waals surface area contributed by atoms with E-state index in [1.54, 1.807) is 22.7 Å². The lowest BCUT2D eigenvalue weighted by Gasteiger charge is -1.93. The van der Waals surface area contributed by atoms with Crippen molar-refractivity contribution < 1.29 is 0 Å². The van der Waals surface area contributed by atoms with Crippen LogP contribution in [0.15, 0.2) is 24.3 Å². The van der Waals surface area contributed by atoms with Gasteiger partial charge in [0.05, 0.1) is 8.67 Å². The zero-order valence-electron chi connectivity index (χ0n) is 7.17. The summed E-state index contributed by atoms with van der Waals surface area (Å²) in [5.74, 6) is 0. The third kappa shape index (κ3) is 2.74. The van der Waals surface area contributed by atoms with Crippen LogP contribution in [-0.4, -0.2) is 0 Å². The van der Waals surface area contributed by atoms with Crippen molar-refractivity contribution in [3.05, 3.63) is 49.1 Å². The molecule has 2 rings (SSSR count). The van der Waals surface area contributed by atoms with E-state index in [0.29, 0.717) is 0 Å². The molecule has 2 aromatic rings. The maximum atomic E-state index is 5.83. The SMILES string of the molecule is Clc1ccc([CH]Cc2ccc(Cl)s2)s1. The second-order valence-electron chi connectivity index (χ2n) is 2.76. The van der Waals surface area contributed by atoms with Gasteiger partial charge in [0, 0.05) is 16.2 Å². The molecule has 0 aliphatic rings. The van der Waals surface area contributed by atoms with Crippen LogP contribution in [-0.2, 0) is 6.42 Å². The second-order valence-corrected chi connectivity index (χ2v) is 6.30. The van der Waals surface area contributed by atoms with Gasteiger partial charge in [0.25, 0.3) is 0 Å². The third-order valence-electron chi connectivity index (χ3n) is 1.73. The molecule has 73 valence electrons. The van der Waals surface area contributed by atoms with E-state index in [1.807, 2.05) is 18.2 Å². The molecule has 0 N–H and O–H groups in total. The van der Waals surface area contributed by atoms with Gasteiger partial charge in [-0.25, -0.2) is 0 Å². The van der Waals surface area contributed by atoms with E-state index in [2.05, 4.69) is 12.5 Å². The average molecular weight is 262 g/mol. The highest BCUT2D eigenvalue weighted by Gasteiger charge is 2.01. The summed E-state index contributed by atoms with van der Waals surface area (Å²) in [4.78, 5) is 2.49. The zero-order chi connectivity index (χ0) is 9.97. The van der Waals surface area contributed by atoms with Gasteiger partial charge in [-0.2, -0.15) is 0 Å². The highest BCUT2D eigenvalue weighted by atomic mass is 35.5. The van der Waals surface area contributed by atoms with Gasteiger partial charge in [-0.05, 0) is 30.7 Å². The standard InChI is InChI=1S/C10H7Cl2S2/c11-9-5-3-7(13-9)1-2-8-4-6-10(12)14-8/h1,3-6H,2H2. The minimum Gasteiger partial charge on any atom is -0.128 e. The maximum absolute atomic E-state index is 5.83. The van der Waals surface area contributed by atoms with Crippen LogP contribution in [0.5, 0.6) is 0 Å². The summed E-state index contributed by atoms with van der Waals surface area (Å²) in [5, 5.41) is 0. The molecule has 0 amide bonds. The Balaban J connectivity index is 1.94. The van der Waals surface area contributed by atoms with Crippen molar-refractivity contribution in [3.63, 3.8) is 0 Å². The predicted octanol–water partition coefficient (Wildman–Crippen LogP) is 4.91. The number of thiophene rings is 2. The van der Waals surface area contributed by atoms with Crippen molar-refractivity contribution in [3.8, 4) is 0 Å². The Hall–Kier alpha value is -0.0200. The molecule has 0 saturated heterocycles. The van der Waals surface area contributed by atoms with Gasteiger partial charge in [-0.3, -0.25) is 0 Å². The molecular formula is C10H7Cl2S2. The number of halogens is 2. The molecule has 4 heteroatoms. The number of rotatable bonds is 3. The topological polar surface area (TPSA) is 0 Å². The summed E-state index contributed by atoms with van der Waals surface area (Å²) in [5.41, 5.74) is 0. The van der Waals surface area contributed by atoms with Crippen LogP contribution in [0, 0.1) is 6.42 Å². The fraction of sp³-hybridized carbons (Fsp3) is 0.100. The highest BCUT2D eigenvalue weighted by molar-refractivity contribution is 7.16. The van der Waals surface area contributed by atoms with Crippen LogP contribution in [0.2, 0.25) is 8.67 Å². The Morgan fingerprint density at radius 2 is 1.71 bits per heavy atom. The molecular weight excluding hydrogens is 255 g/mol. The first-order valence-electron chi connectivity index (χ1n) is 4.07. The van der Waals surface area contributed by atoms with Gasteiger partial charge in [0.1, 0.15) is 0 Å². The first-order valence-corrected chi connectivity index (χ1v) is 6.46. The first kappa shape index (κ1) is 10.5. The molecule has 0 aromatic carbocycles. The van der Waals surface area contributed by atoms with E-state index in [1.165, 1.54) is 9.75 Å². The van der Waals surface area contributed by atoms with E-state index < -0.39 is 0 Å². The molecule has 0 bridgehead atoms. The van der Waals surface area contributed by atoms with Gasteiger partial charge >= 0.3 is 0 Å². The lowest BCUT2D eigenvalue weighted by Crippen LogP contribution is -1.80. The molecule has 0 fully saturated rings. The Morgan fingerprint density at radius 1 is 1.00 bits per heavy atom. The Labute approximate surface area is 101 Å². The monoisotopic (exact) mass is 261 g/mol. The van der Waals surface area contributed by atoms with E-state index >= 15 is 0 Å². The van der Waals surface area contributed by atoms with Crippen LogP contribution in [0.3, 0.4) is 0 Å². The van der Waals surface area contributed by atoms with Crippen molar-refractivity contribution in [2.45, 2.75) is 6.42 Å². The molecule has 0 saturated carbocycles. The van der Waals surface area contributed by atoms with Gasteiger partial charge in [0.2, 0.25) is 0 Å². The van der Waals surface area contributed by atoms with Crippen molar-refractivity contribution in [1.82, 2.24) is 0 Å². The Morgan fingerprint density at radius 3 is 2.29 bits per heavy atom. The summed E-state index contributed by atoms with van der Waals surface area (Å²) in [6, 6.07) is 7.93. The van der Waals surface area contributed by atoms with Crippen LogP contribution >= 0.6 is 45.9 Å². The largest absolute Gasteiger partial charge is 0.128 e. The molecule has 14 heavy (non-hydrogen) atoms. The fourth-order valence-electron chi connectivity index (χ4n) is 1.10. The van der Waals surface area contributed by atoms with Crippen LogP contribution in [0.4, 0.5) is 0 Å². The molecule has 0 aliphatic heterocycles. The van der Waals surface area contributed by atoms with Crippen LogP contribution in [0.25, 0.3) is 0 Å². The second kappa shape index (κ2) is 4.67. The zero-order valence-corrected chi connectivity index (χ0v) is 10.3. The quantitative estimate of drug-likeness (QED) is 0.737.